The van der Waals surface area contributed by atoms with E-state index in [1.54, 1.807) is 0 Å². The summed E-state index contributed by atoms with van der Waals surface area (Å²) in [4.78, 5) is 22.1. The molecule has 0 aromatic rings. The van der Waals surface area contributed by atoms with Crippen LogP contribution >= 0.6 is 11.6 Å². The zero-order chi connectivity index (χ0) is 9.14. The molecule has 2 N–H and O–H groups in total. The van der Waals surface area contributed by atoms with Gasteiger partial charge in [-0.2, -0.15) is 0 Å². The molecule has 3 nitrogen and oxygen atoms in total. The van der Waals surface area contributed by atoms with Crippen LogP contribution in [-0.2, 0) is 9.59 Å². The molecule has 1 aliphatic rings. The van der Waals surface area contributed by atoms with Gasteiger partial charge in [0.05, 0.1) is 5.70 Å². The first kappa shape index (κ1) is 9.00. The quantitative estimate of drug-likeness (QED) is 0.505. The highest BCUT2D eigenvalue weighted by Gasteiger charge is 2.18. The van der Waals surface area contributed by atoms with Crippen molar-refractivity contribution in [3.63, 3.8) is 0 Å². The van der Waals surface area contributed by atoms with Crippen molar-refractivity contribution in [2.75, 3.05) is 5.88 Å². The Kier molecular flexibility index (Phi) is 2.65. The molecule has 0 heterocycles. The van der Waals surface area contributed by atoms with E-state index in [0.29, 0.717) is 17.9 Å². The van der Waals surface area contributed by atoms with E-state index in [1.807, 2.05) is 0 Å². The largest absolute Gasteiger partial charge is 0.395 e. The summed E-state index contributed by atoms with van der Waals surface area (Å²) < 4.78 is 0. The van der Waals surface area contributed by atoms with E-state index in [2.05, 4.69) is 0 Å². The number of hydrogen-bond acceptors (Lipinski definition) is 3. The average Bonchev–Trinajstić information content (AvgIpc) is 2.06. The Hall–Kier alpha value is -1.09. The summed E-state index contributed by atoms with van der Waals surface area (Å²) in [6.45, 7) is 0. The van der Waals surface area contributed by atoms with Gasteiger partial charge in [0.2, 0.25) is 5.78 Å². The van der Waals surface area contributed by atoms with Crippen molar-refractivity contribution in [1.82, 2.24) is 0 Å². The van der Waals surface area contributed by atoms with E-state index < -0.39 is 0 Å². The van der Waals surface area contributed by atoms with Gasteiger partial charge in [0, 0.05) is 11.5 Å². The monoisotopic (exact) mass is 185 g/mol. The number of rotatable bonds is 2. The predicted octanol–water partition coefficient (Wildman–Crippen LogP) is 0.536. The van der Waals surface area contributed by atoms with Crippen molar-refractivity contribution in [3.8, 4) is 0 Å². The molecule has 0 fully saturated rings. The van der Waals surface area contributed by atoms with Crippen molar-refractivity contribution in [3.05, 3.63) is 23.4 Å². The molecule has 0 unspecified atom stereocenters. The Morgan fingerprint density at radius 2 is 1.83 bits per heavy atom. The Labute approximate surface area is 74.9 Å². The number of allylic oxidation sites excluding steroid dienone is 3. The second kappa shape index (κ2) is 3.54. The van der Waals surface area contributed by atoms with Crippen LogP contribution in [0.25, 0.3) is 0 Å². The van der Waals surface area contributed by atoms with E-state index in [4.69, 9.17) is 17.3 Å². The maximum absolute atomic E-state index is 11.1. The summed E-state index contributed by atoms with van der Waals surface area (Å²) in [5.74, 6) is -0.231. The van der Waals surface area contributed by atoms with E-state index in [9.17, 15) is 9.59 Å². The van der Waals surface area contributed by atoms with E-state index in [-0.39, 0.29) is 17.3 Å². The van der Waals surface area contributed by atoms with Gasteiger partial charge >= 0.3 is 0 Å². The number of nitrogens with two attached hydrogens (primary N) is 1. The molecule has 0 aromatic heterocycles. The molecule has 0 saturated heterocycles. The van der Waals surface area contributed by atoms with Crippen molar-refractivity contribution in [2.45, 2.75) is 6.42 Å². The van der Waals surface area contributed by atoms with Gasteiger partial charge in [-0.3, -0.25) is 9.59 Å². The minimum atomic E-state index is -0.310. The topological polar surface area (TPSA) is 60.2 Å². The first-order valence-electron chi connectivity index (χ1n) is 3.48. The molecule has 0 amide bonds. The Morgan fingerprint density at radius 3 is 2.42 bits per heavy atom. The molecule has 12 heavy (non-hydrogen) atoms. The number of halogens is 1. The number of alkyl halides is 1. The van der Waals surface area contributed by atoms with Crippen LogP contribution in [0.3, 0.4) is 0 Å². The van der Waals surface area contributed by atoms with Crippen molar-refractivity contribution < 1.29 is 9.59 Å². The molecule has 1 rings (SSSR count). The lowest BCUT2D eigenvalue weighted by atomic mass is 9.98. The minimum absolute atomic E-state index is 0.0307. The van der Waals surface area contributed by atoms with Gasteiger partial charge in [-0.1, -0.05) is 0 Å². The molecule has 0 radical (unpaired) electrons. The van der Waals surface area contributed by atoms with Gasteiger partial charge in [0.1, 0.15) is 0 Å². The molecular weight excluding hydrogens is 178 g/mol. The van der Waals surface area contributed by atoms with Crippen molar-refractivity contribution >= 4 is 23.2 Å². The summed E-state index contributed by atoms with van der Waals surface area (Å²) in [6, 6.07) is 0. The van der Waals surface area contributed by atoms with Gasteiger partial charge in [-0.15, -0.1) is 11.6 Å². The number of ketones is 2. The van der Waals surface area contributed by atoms with Crippen LogP contribution < -0.4 is 5.73 Å². The van der Waals surface area contributed by atoms with E-state index in [0.717, 1.165) is 0 Å². The predicted molar refractivity (Wildman–Crippen MR) is 45.7 cm³/mol. The molecule has 0 aromatic carbocycles. The first-order valence-corrected chi connectivity index (χ1v) is 4.01. The average molecular weight is 186 g/mol. The van der Waals surface area contributed by atoms with Crippen molar-refractivity contribution in [2.24, 2.45) is 5.73 Å². The zero-order valence-electron chi connectivity index (χ0n) is 6.34. The molecule has 0 atom stereocenters. The van der Waals surface area contributed by atoms with E-state index >= 15 is 0 Å². The lowest BCUT2D eigenvalue weighted by molar-refractivity contribution is -0.115. The molecule has 64 valence electrons. The lowest BCUT2D eigenvalue weighted by Crippen LogP contribution is -2.20. The van der Waals surface area contributed by atoms with Crippen LogP contribution in [0.5, 0.6) is 0 Å². The van der Waals surface area contributed by atoms with Crippen LogP contribution in [0.1, 0.15) is 6.42 Å². The minimum Gasteiger partial charge on any atom is -0.395 e. The highest BCUT2D eigenvalue weighted by atomic mass is 35.5. The van der Waals surface area contributed by atoms with Gasteiger partial charge in [0.15, 0.2) is 5.78 Å². The fourth-order valence-corrected chi connectivity index (χ4v) is 1.16. The van der Waals surface area contributed by atoms with Crippen LogP contribution in [0.2, 0.25) is 0 Å². The summed E-state index contributed by atoms with van der Waals surface area (Å²) in [7, 11) is 0. The van der Waals surface area contributed by atoms with Gasteiger partial charge in [-0.25, -0.2) is 0 Å². The number of hydrogen-bond donors (Lipinski definition) is 1. The Bertz CT molecular complexity index is 291. The fraction of sp³-hybridized carbons (Fsp3) is 0.250. The Morgan fingerprint density at radius 1 is 1.25 bits per heavy atom. The van der Waals surface area contributed by atoms with Gasteiger partial charge < -0.3 is 5.73 Å². The SMILES string of the molecule is NC1=C(CCCl)C(=O)C=CC1=O. The molecule has 0 bridgehead atoms. The maximum atomic E-state index is 11.1. The summed E-state index contributed by atoms with van der Waals surface area (Å²) in [5.41, 5.74) is 5.76. The molecule has 0 spiro atoms. The second-order valence-electron chi connectivity index (χ2n) is 2.39. The molecule has 4 heteroatoms. The van der Waals surface area contributed by atoms with Gasteiger partial charge in [-0.05, 0) is 18.6 Å². The molecule has 0 aliphatic heterocycles. The first-order chi connectivity index (χ1) is 5.66. The van der Waals surface area contributed by atoms with E-state index in [1.165, 1.54) is 12.2 Å². The van der Waals surface area contributed by atoms with Crippen molar-refractivity contribution in [1.29, 1.82) is 0 Å². The molecular formula is C8H8ClNO2. The van der Waals surface area contributed by atoms with Gasteiger partial charge in [0.25, 0.3) is 0 Å². The summed E-state index contributed by atoms with van der Waals surface area (Å²) in [6.07, 6.45) is 2.75. The fourth-order valence-electron chi connectivity index (χ4n) is 0.976. The lowest BCUT2D eigenvalue weighted by Gasteiger charge is -2.08. The third kappa shape index (κ3) is 1.56. The third-order valence-electron chi connectivity index (χ3n) is 1.62. The van der Waals surface area contributed by atoms with Crippen LogP contribution in [-0.4, -0.2) is 17.4 Å². The molecule has 1 aliphatic carbocycles. The maximum Gasteiger partial charge on any atom is 0.202 e. The summed E-state index contributed by atoms with van der Waals surface area (Å²) >= 11 is 5.44. The third-order valence-corrected chi connectivity index (χ3v) is 1.81. The van der Waals surface area contributed by atoms with Crippen LogP contribution in [0.15, 0.2) is 23.4 Å². The normalized spacial score (nSPS) is 17.4. The Balaban J connectivity index is 2.97. The van der Waals surface area contributed by atoms with Crippen LogP contribution in [0.4, 0.5) is 0 Å². The smallest absolute Gasteiger partial charge is 0.202 e. The second-order valence-corrected chi connectivity index (χ2v) is 2.77. The molecule has 0 saturated carbocycles. The standard InChI is InChI=1S/C8H8ClNO2/c9-4-3-5-6(11)1-2-7(12)8(5)10/h1-2H,3-4,10H2. The number of carbonyl (C=O) groups is 2. The number of carbonyl (C=O) groups excluding carboxylic acids is 2. The summed E-state index contributed by atoms with van der Waals surface area (Å²) in [5, 5.41) is 0. The van der Waals surface area contributed by atoms with Crippen LogP contribution in [0, 0.1) is 0 Å². The highest BCUT2D eigenvalue weighted by molar-refractivity contribution is 6.21. The zero-order valence-corrected chi connectivity index (χ0v) is 7.10. The highest BCUT2D eigenvalue weighted by Crippen LogP contribution is 2.13.